The van der Waals surface area contributed by atoms with Crippen LogP contribution < -0.4 is 0 Å². The topological polar surface area (TPSA) is 20.2 Å². The average molecular weight is 242 g/mol. The minimum absolute atomic E-state index is 0.162. The first-order valence-electron chi connectivity index (χ1n) is 6.43. The third kappa shape index (κ3) is 12.4. The van der Waals surface area contributed by atoms with Crippen LogP contribution in [0.3, 0.4) is 0 Å². The van der Waals surface area contributed by atoms with Gasteiger partial charge in [0.25, 0.3) is 0 Å². The molecule has 18 heavy (non-hydrogen) atoms. The highest BCUT2D eigenvalue weighted by Crippen LogP contribution is 2.04. The fraction of sp³-hybridized carbons (Fsp3) is 0.412. The van der Waals surface area contributed by atoms with Gasteiger partial charge in [0.2, 0.25) is 0 Å². The number of aliphatic hydroxyl groups excluding tert-OH is 1. The van der Waals surface area contributed by atoms with Crippen molar-refractivity contribution in [2.45, 2.75) is 45.6 Å². The number of hydrogen-bond donors (Lipinski definition) is 1. The maximum atomic E-state index is 9.50. The SMILES string of the molecule is CC=CC#CC#CC=CC=CCCC(O)CCC. The van der Waals surface area contributed by atoms with Crippen LogP contribution in [0, 0.1) is 23.7 Å². The fourth-order valence-corrected chi connectivity index (χ4v) is 1.28. The summed E-state index contributed by atoms with van der Waals surface area (Å²) in [4.78, 5) is 0. The van der Waals surface area contributed by atoms with Crippen molar-refractivity contribution in [2.75, 3.05) is 0 Å². The first-order valence-corrected chi connectivity index (χ1v) is 6.43. The highest BCUT2D eigenvalue weighted by atomic mass is 16.3. The van der Waals surface area contributed by atoms with E-state index >= 15 is 0 Å². The zero-order valence-corrected chi connectivity index (χ0v) is 11.3. The molecule has 1 nitrogen and oxygen atoms in total. The molecule has 1 N–H and O–H groups in total. The maximum Gasteiger partial charge on any atom is 0.0543 e. The summed E-state index contributed by atoms with van der Waals surface area (Å²) in [5.41, 5.74) is 0. The zero-order valence-electron chi connectivity index (χ0n) is 11.3. The highest BCUT2D eigenvalue weighted by Gasteiger charge is 1.98. The van der Waals surface area contributed by atoms with Gasteiger partial charge in [-0.05, 0) is 50.2 Å². The molecule has 0 amide bonds. The predicted octanol–water partition coefficient (Wildman–Crippen LogP) is 3.62. The summed E-state index contributed by atoms with van der Waals surface area (Å²) in [6.45, 7) is 4.00. The standard InChI is InChI=1S/C17H22O/c1-3-5-6-7-8-9-10-11-12-13-14-16-17(18)15-4-2/h3,5,10-13,17-18H,4,14-16H2,1-2H3. The molecule has 0 aromatic rings. The second kappa shape index (κ2) is 13.4. The van der Waals surface area contributed by atoms with Gasteiger partial charge in [-0.2, -0.15) is 0 Å². The summed E-state index contributed by atoms with van der Waals surface area (Å²) < 4.78 is 0. The van der Waals surface area contributed by atoms with Crippen LogP contribution in [0.4, 0.5) is 0 Å². The summed E-state index contributed by atoms with van der Waals surface area (Å²) >= 11 is 0. The quantitative estimate of drug-likeness (QED) is 0.557. The lowest BCUT2D eigenvalue weighted by Crippen LogP contribution is -2.04. The lowest BCUT2D eigenvalue weighted by atomic mass is 10.1. The Labute approximate surface area is 111 Å². The monoisotopic (exact) mass is 242 g/mol. The van der Waals surface area contributed by atoms with E-state index in [1.807, 2.05) is 31.2 Å². The number of aliphatic hydroxyl groups is 1. The van der Waals surface area contributed by atoms with E-state index in [9.17, 15) is 5.11 Å². The van der Waals surface area contributed by atoms with Crippen molar-refractivity contribution in [1.29, 1.82) is 0 Å². The molecule has 0 aliphatic carbocycles. The van der Waals surface area contributed by atoms with Gasteiger partial charge in [-0.1, -0.05) is 49.5 Å². The van der Waals surface area contributed by atoms with Crippen LogP contribution in [-0.4, -0.2) is 11.2 Å². The van der Waals surface area contributed by atoms with Gasteiger partial charge in [-0.3, -0.25) is 0 Å². The second-order valence-corrected chi connectivity index (χ2v) is 3.85. The molecule has 0 aromatic carbocycles. The Morgan fingerprint density at radius 1 is 1.06 bits per heavy atom. The first kappa shape index (κ1) is 16.3. The van der Waals surface area contributed by atoms with E-state index in [0.717, 1.165) is 25.7 Å². The van der Waals surface area contributed by atoms with E-state index in [1.54, 1.807) is 12.2 Å². The van der Waals surface area contributed by atoms with E-state index in [2.05, 4.69) is 30.6 Å². The van der Waals surface area contributed by atoms with Crippen molar-refractivity contribution in [3.8, 4) is 23.7 Å². The zero-order chi connectivity index (χ0) is 13.5. The van der Waals surface area contributed by atoms with Gasteiger partial charge < -0.3 is 5.11 Å². The molecular formula is C17H22O. The van der Waals surface area contributed by atoms with Gasteiger partial charge in [0.1, 0.15) is 0 Å². The number of hydrogen-bond acceptors (Lipinski definition) is 1. The minimum atomic E-state index is -0.162. The van der Waals surface area contributed by atoms with Crippen molar-refractivity contribution >= 4 is 0 Å². The van der Waals surface area contributed by atoms with Crippen LogP contribution in [0.5, 0.6) is 0 Å². The van der Waals surface area contributed by atoms with Gasteiger partial charge in [-0.25, -0.2) is 0 Å². The van der Waals surface area contributed by atoms with Gasteiger partial charge in [0.05, 0.1) is 6.10 Å². The molecule has 0 aromatic heterocycles. The molecule has 0 aliphatic rings. The smallest absolute Gasteiger partial charge is 0.0543 e. The van der Waals surface area contributed by atoms with E-state index in [0.29, 0.717) is 0 Å². The molecule has 1 atom stereocenters. The Kier molecular flexibility index (Phi) is 12.1. The van der Waals surface area contributed by atoms with Crippen molar-refractivity contribution in [3.63, 3.8) is 0 Å². The van der Waals surface area contributed by atoms with Crippen molar-refractivity contribution in [1.82, 2.24) is 0 Å². The lowest BCUT2D eigenvalue weighted by Gasteiger charge is -2.05. The Morgan fingerprint density at radius 2 is 1.78 bits per heavy atom. The third-order valence-corrected chi connectivity index (χ3v) is 2.17. The van der Waals surface area contributed by atoms with Crippen molar-refractivity contribution in [2.24, 2.45) is 0 Å². The lowest BCUT2D eigenvalue weighted by molar-refractivity contribution is 0.155. The molecule has 0 rings (SSSR count). The summed E-state index contributed by atoms with van der Waals surface area (Å²) in [6, 6.07) is 0. The summed E-state index contributed by atoms with van der Waals surface area (Å²) in [5.74, 6) is 11.0. The minimum Gasteiger partial charge on any atom is -0.393 e. The van der Waals surface area contributed by atoms with E-state index in [4.69, 9.17) is 0 Å². The largest absolute Gasteiger partial charge is 0.393 e. The summed E-state index contributed by atoms with van der Waals surface area (Å²) in [7, 11) is 0. The van der Waals surface area contributed by atoms with Crippen LogP contribution in [0.15, 0.2) is 36.5 Å². The van der Waals surface area contributed by atoms with Gasteiger partial charge in [-0.15, -0.1) is 0 Å². The molecule has 0 saturated carbocycles. The summed E-state index contributed by atoms with van der Waals surface area (Å²) in [5, 5.41) is 9.50. The molecule has 0 fully saturated rings. The van der Waals surface area contributed by atoms with Crippen LogP contribution in [0.1, 0.15) is 39.5 Å². The van der Waals surface area contributed by atoms with Crippen LogP contribution in [0.25, 0.3) is 0 Å². The predicted molar refractivity (Wildman–Crippen MR) is 78.8 cm³/mol. The first-order chi connectivity index (χ1) is 8.81. The van der Waals surface area contributed by atoms with E-state index in [1.165, 1.54) is 0 Å². The molecule has 0 saturated heterocycles. The maximum absolute atomic E-state index is 9.50. The number of allylic oxidation sites excluding steroid dienone is 6. The summed E-state index contributed by atoms with van der Waals surface area (Å²) in [6.07, 6.45) is 14.8. The normalized spacial score (nSPS) is 12.4. The molecular weight excluding hydrogens is 220 g/mol. The van der Waals surface area contributed by atoms with Gasteiger partial charge in [0.15, 0.2) is 0 Å². The Hall–Kier alpha value is -1.70. The van der Waals surface area contributed by atoms with Crippen molar-refractivity contribution in [3.05, 3.63) is 36.5 Å². The fourth-order valence-electron chi connectivity index (χ4n) is 1.28. The van der Waals surface area contributed by atoms with E-state index < -0.39 is 0 Å². The highest BCUT2D eigenvalue weighted by molar-refractivity contribution is 5.34. The molecule has 1 heteroatoms. The van der Waals surface area contributed by atoms with E-state index in [-0.39, 0.29) is 6.10 Å². The Morgan fingerprint density at radius 3 is 2.44 bits per heavy atom. The molecule has 0 bridgehead atoms. The number of rotatable bonds is 6. The van der Waals surface area contributed by atoms with Crippen LogP contribution in [0.2, 0.25) is 0 Å². The van der Waals surface area contributed by atoms with Crippen LogP contribution in [-0.2, 0) is 0 Å². The van der Waals surface area contributed by atoms with Crippen LogP contribution >= 0.6 is 0 Å². The molecule has 0 radical (unpaired) electrons. The van der Waals surface area contributed by atoms with Gasteiger partial charge in [0, 0.05) is 0 Å². The molecule has 0 heterocycles. The average Bonchev–Trinajstić information content (AvgIpc) is 2.36. The van der Waals surface area contributed by atoms with Crippen molar-refractivity contribution < 1.29 is 5.11 Å². The van der Waals surface area contributed by atoms with Gasteiger partial charge >= 0.3 is 0 Å². The molecule has 1 unspecified atom stereocenters. The Bertz CT molecular complexity index is 391. The third-order valence-electron chi connectivity index (χ3n) is 2.17. The second-order valence-electron chi connectivity index (χ2n) is 3.85. The molecule has 0 spiro atoms. The molecule has 96 valence electrons. The Balaban J connectivity index is 3.73. The molecule has 0 aliphatic heterocycles.